The predicted octanol–water partition coefficient (Wildman–Crippen LogP) is 4.94. The summed E-state index contributed by atoms with van der Waals surface area (Å²) in [4.78, 5) is 24.4. The maximum Gasteiger partial charge on any atom is 0.339 e. The summed E-state index contributed by atoms with van der Waals surface area (Å²) in [6.07, 6.45) is 2.99. The molecule has 5 rings (SSSR count). The number of phenols is 1. The molecule has 0 radical (unpaired) electrons. The van der Waals surface area contributed by atoms with Gasteiger partial charge in [0, 0.05) is 11.3 Å². The molecular weight excluding hydrogens is 518 g/mol. The minimum atomic E-state index is -1.24. The van der Waals surface area contributed by atoms with Gasteiger partial charge in [-0.15, -0.1) is 0 Å². The van der Waals surface area contributed by atoms with Gasteiger partial charge in [0.05, 0.1) is 26.1 Å². The van der Waals surface area contributed by atoms with Crippen molar-refractivity contribution in [1.82, 2.24) is 15.0 Å². The fourth-order valence-corrected chi connectivity index (χ4v) is 3.54. The Labute approximate surface area is 227 Å². The first kappa shape index (κ1) is 25.8. The van der Waals surface area contributed by atoms with E-state index >= 15 is 0 Å². The van der Waals surface area contributed by atoms with Crippen molar-refractivity contribution in [2.45, 2.75) is 6.54 Å². The van der Waals surface area contributed by atoms with Gasteiger partial charge < -0.3 is 34.4 Å². The number of nitrogens with zero attached hydrogens (tertiary/aromatic N) is 4. The lowest BCUT2D eigenvalue weighted by molar-refractivity contribution is 0.0693. The van der Waals surface area contributed by atoms with Crippen molar-refractivity contribution in [2.24, 2.45) is 5.10 Å². The van der Waals surface area contributed by atoms with Gasteiger partial charge in [-0.3, -0.25) is 0 Å². The molecule has 0 saturated heterocycles. The van der Waals surface area contributed by atoms with Gasteiger partial charge in [-0.05, 0) is 66.7 Å². The molecule has 0 spiro atoms. The summed E-state index contributed by atoms with van der Waals surface area (Å²) in [7, 11) is 1.59. The number of carboxylic acid groups (broad SMARTS) is 1. The molecule has 3 heterocycles. The lowest BCUT2D eigenvalue weighted by atomic mass is 10.1. The number of nitrogens with one attached hydrogen (secondary N) is 3. The molecular formula is C27H23N7O6. The Morgan fingerprint density at radius 3 is 2.58 bits per heavy atom. The van der Waals surface area contributed by atoms with E-state index in [0.29, 0.717) is 35.1 Å². The Hall–Kier alpha value is -5.85. The molecule has 0 saturated carbocycles. The van der Waals surface area contributed by atoms with Crippen molar-refractivity contribution in [3.8, 4) is 22.8 Å². The highest BCUT2D eigenvalue weighted by Crippen LogP contribution is 2.27. The number of hydrogen-bond donors (Lipinski definition) is 5. The first-order valence-electron chi connectivity index (χ1n) is 11.9. The third kappa shape index (κ3) is 6.34. The summed E-state index contributed by atoms with van der Waals surface area (Å²) < 4.78 is 16.3. The van der Waals surface area contributed by atoms with E-state index in [9.17, 15) is 15.0 Å². The van der Waals surface area contributed by atoms with Crippen molar-refractivity contribution >= 4 is 35.7 Å². The number of anilines is 4. The van der Waals surface area contributed by atoms with E-state index in [-0.39, 0.29) is 29.2 Å². The second kappa shape index (κ2) is 11.7. The molecule has 40 heavy (non-hydrogen) atoms. The molecule has 5 N–H and O–H groups in total. The quantitative estimate of drug-likeness (QED) is 0.112. The Morgan fingerprint density at radius 2 is 1.82 bits per heavy atom. The number of hydrazone groups is 1. The van der Waals surface area contributed by atoms with Crippen LogP contribution in [0.5, 0.6) is 11.5 Å². The van der Waals surface area contributed by atoms with Gasteiger partial charge in [0.1, 0.15) is 34.3 Å². The normalized spacial score (nSPS) is 10.9. The lowest BCUT2D eigenvalue weighted by Crippen LogP contribution is -2.09. The summed E-state index contributed by atoms with van der Waals surface area (Å²) in [5.41, 5.74) is 3.76. The molecule has 3 aromatic heterocycles. The molecule has 0 atom stereocenters. The van der Waals surface area contributed by atoms with Crippen LogP contribution in [0.15, 0.2) is 86.9 Å². The van der Waals surface area contributed by atoms with Crippen LogP contribution in [0.1, 0.15) is 21.9 Å². The van der Waals surface area contributed by atoms with Crippen LogP contribution < -0.4 is 20.8 Å². The smallest absolute Gasteiger partial charge is 0.339 e. The number of furan rings is 2. The van der Waals surface area contributed by atoms with Crippen molar-refractivity contribution in [1.29, 1.82) is 0 Å². The first-order valence-corrected chi connectivity index (χ1v) is 11.9. The van der Waals surface area contributed by atoms with E-state index in [0.717, 1.165) is 5.69 Å². The van der Waals surface area contributed by atoms with Gasteiger partial charge >= 0.3 is 5.97 Å². The van der Waals surface area contributed by atoms with Crippen LogP contribution in [-0.4, -0.2) is 44.5 Å². The molecule has 0 aliphatic rings. The van der Waals surface area contributed by atoms with Crippen molar-refractivity contribution in [3.05, 3.63) is 90.1 Å². The molecule has 0 unspecified atom stereocenters. The zero-order valence-electron chi connectivity index (χ0n) is 21.0. The SMILES string of the molecule is COc1ccc(Nc2nc(NCc3ccco3)nc(N/N=C\c3ccc(-c4ccc(O)c(C(=O)O)c4)o3)n2)cc1. The minimum absolute atomic E-state index is 0.153. The summed E-state index contributed by atoms with van der Waals surface area (Å²) >= 11 is 0. The number of aromatic nitrogens is 3. The highest BCUT2D eigenvalue weighted by molar-refractivity contribution is 5.92. The Morgan fingerprint density at radius 1 is 1.02 bits per heavy atom. The van der Waals surface area contributed by atoms with E-state index < -0.39 is 5.97 Å². The standard InChI is InChI=1S/C27H23N7O6/c1-38-18-7-5-17(6-8-18)30-26-31-25(28-14-19-3-2-12-39-19)32-27(33-26)34-29-15-20-9-11-23(40-20)16-4-10-22(35)21(13-16)24(36)37/h2-13,15,35H,14H2,1H3,(H,36,37)(H3,28,30,31,32,33,34)/b29-15-. The summed E-state index contributed by atoms with van der Waals surface area (Å²) in [5.74, 6) is 1.33. The Bertz CT molecular complexity index is 1630. The van der Waals surface area contributed by atoms with E-state index in [1.165, 1.54) is 18.3 Å². The molecule has 0 aliphatic carbocycles. The maximum absolute atomic E-state index is 11.3. The second-order valence-electron chi connectivity index (χ2n) is 8.20. The number of benzene rings is 2. The van der Waals surface area contributed by atoms with Crippen LogP contribution in [-0.2, 0) is 6.54 Å². The van der Waals surface area contributed by atoms with Crippen LogP contribution >= 0.6 is 0 Å². The monoisotopic (exact) mass is 541 g/mol. The molecule has 0 bridgehead atoms. The van der Waals surface area contributed by atoms with Gasteiger partial charge in [-0.25, -0.2) is 10.2 Å². The molecule has 0 aliphatic heterocycles. The molecule has 202 valence electrons. The van der Waals surface area contributed by atoms with E-state index in [1.54, 1.807) is 49.8 Å². The Kier molecular flexibility index (Phi) is 7.53. The zero-order chi connectivity index (χ0) is 27.9. The third-order valence-electron chi connectivity index (χ3n) is 5.48. The number of aromatic carboxylic acids is 1. The average Bonchev–Trinajstić information content (AvgIpc) is 3.65. The van der Waals surface area contributed by atoms with Crippen molar-refractivity contribution in [2.75, 3.05) is 23.2 Å². The van der Waals surface area contributed by atoms with Gasteiger partial charge in [0.25, 0.3) is 0 Å². The fraction of sp³-hybridized carbons (Fsp3) is 0.0741. The van der Waals surface area contributed by atoms with Gasteiger partial charge in [0.15, 0.2) is 0 Å². The van der Waals surface area contributed by atoms with Crippen molar-refractivity contribution in [3.63, 3.8) is 0 Å². The number of ether oxygens (including phenoxy) is 1. The highest BCUT2D eigenvalue weighted by Gasteiger charge is 2.13. The largest absolute Gasteiger partial charge is 0.507 e. The summed E-state index contributed by atoms with van der Waals surface area (Å²) in [6.45, 7) is 0.359. The molecule has 13 heteroatoms. The zero-order valence-corrected chi connectivity index (χ0v) is 21.0. The van der Waals surface area contributed by atoms with Crippen LogP contribution in [0.25, 0.3) is 11.3 Å². The Balaban J connectivity index is 1.32. The number of carboxylic acids is 1. The van der Waals surface area contributed by atoms with Crippen molar-refractivity contribution < 1.29 is 28.6 Å². The number of hydrogen-bond acceptors (Lipinski definition) is 12. The van der Waals surface area contributed by atoms with Gasteiger partial charge in [-0.2, -0.15) is 20.1 Å². The van der Waals surface area contributed by atoms with Crippen LogP contribution in [0.4, 0.5) is 23.5 Å². The third-order valence-corrected chi connectivity index (χ3v) is 5.48. The average molecular weight is 542 g/mol. The summed E-state index contributed by atoms with van der Waals surface area (Å²) in [6, 6.07) is 18.4. The van der Waals surface area contributed by atoms with E-state index in [4.69, 9.17) is 13.6 Å². The first-order chi connectivity index (χ1) is 19.5. The molecule has 5 aromatic rings. The molecule has 13 nitrogen and oxygen atoms in total. The molecule has 0 amide bonds. The number of rotatable bonds is 11. The maximum atomic E-state index is 11.3. The number of methoxy groups -OCH3 is 1. The predicted molar refractivity (Wildman–Crippen MR) is 146 cm³/mol. The van der Waals surface area contributed by atoms with E-state index in [2.05, 4.69) is 36.1 Å². The van der Waals surface area contributed by atoms with Gasteiger partial charge in [0.2, 0.25) is 17.8 Å². The van der Waals surface area contributed by atoms with Gasteiger partial charge in [-0.1, -0.05) is 0 Å². The second-order valence-corrected chi connectivity index (χ2v) is 8.20. The highest BCUT2D eigenvalue weighted by atomic mass is 16.5. The topological polar surface area (TPSA) is 180 Å². The van der Waals surface area contributed by atoms with Crippen LogP contribution in [0, 0.1) is 0 Å². The molecule has 0 fully saturated rings. The lowest BCUT2D eigenvalue weighted by Gasteiger charge is -2.10. The minimum Gasteiger partial charge on any atom is -0.507 e. The van der Waals surface area contributed by atoms with Crippen LogP contribution in [0.2, 0.25) is 0 Å². The van der Waals surface area contributed by atoms with E-state index in [1.807, 2.05) is 18.2 Å². The van der Waals surface area contributed by atoms with Crippen LogP contribution in [0.3, 0.4) is 0 Å². The number of carbonyl (C=O) groups is 1. The number of aromatic hydroxyl groups is 1. The fourth-order valence-electron chi connectivity index (χ4n) is 3.54. The molecule has 2 aromatic carbocycles. The summed E-state index contributed by atoms with van der Waals surface area (Å²) in [5, 5.41) is 29.3.